The standard InChI is InChI=1S/C8H10OS/c9-7-4-3-6(7)8-2-1-5-10-8/h1-2,5-7,9H,3-4H2. The molecule has 1 nitrogen and oxygen atoms in total. The van der Waals surface area contributed by atoms with Gasteiger partial charge in [0, 0.05) is 10.8 Å². The van der Waals surface area contributed by atoms with E-state index in [0.717, 1.165) is 6.42 Å². The summed E-state index contributed by atoms with van der Waals surface area (Å²) in [5, 5.41) is 11.4. The van der Waals surface area contributed by atoms with E-state index in [9.17, 15) is 5.11 Å². The molecule has 1 aliphatic rings. The van der Waals surface area contributed by atoms with Crippen molar-refractivity contribution in [1.82, 2.24) is 0 Å². The molecule has 1 heterocycles. The molecule has 0 aliphatic heterocycles. The summed E-state index contributed by atoms with van der Waals surface area (Å²) in [6.07, 6.45) is 2.10. The molecule has 1 aromatic rings. The Hall–Kier alpha value is -0.340. The van der Waals surface area contributed by atoms with Crippen molar-refractivity contribution in [2.75, 3.05) is 0 Å². The third-order valence-corrected chi connectivity index (χ3v) is 3.15. The first-order valence-corrected chi connectivity index (χ1v) is 4.47. The Balaban J connectivity index is 2.14. The minimum Gasteiger partial charge on any atom is -0.392 e. The molecule has 2 rings (SSSR count). The molecule has 10 heavy (non-hydrogen) atoms. The highest BCUT2D eigenvalue weighted by Gasteiger charge is 2.30. The molecule has 1 saturated carbocycles. The Morgan fingerprint density at radius 3 is 2.80 bits per heavy atom. The molecule has 2 heteroatoms. The van der Waals surface area contributed by atoms with E-state index in [4.69, 9.17) is 0 Å². The number of rotatable bonds is 1. The van der Waals surface area contributed by atoms with Gasteiger partial charge in [0.2, 0.25) is 0 Å². The number of aliphatic hydroxyl groups is 1. The van der Waals surface area contributed by atoms with Crippen molar-refractivity contribution < 1.29 is 5.11 Å². The van der Waals surface area contributed by atoms with Gasteiger partial charge < -0.3 is 5.11 Å². The smallest absolute Gasteiger partial charge is 0.0616 e. The largest absolute Gasteiger partial charge is 0.392 e. The average molecular weight is 154 g/mol. The van der Waals surface area contributed by atoms with Crippen molar-refractivity contribution in [1.29, 1.82) is 0 Å². The lowest BCUT2D eigenvalue weighted by Crippen LogP contribution is -2.27. The molecule has 0 saturated heterocycles. The van der Waals surface area contributed by atoms with Crippen LogP contribution < -0.4 is 0 Å². The summed E-state index contributed by atoms with van der Waals surface area (Å²) in [6.45, 7) is 0. The van der Waals surface area contributed by atoms with Gasteiger partial charge in [0.05, 0.1) is 6.10 Å². The summed E-state index contributed by atoms with van der Waals surface area (Å²) in [6, 6.07) is 4.16. The van der Waals surface area contributed by atoms with Gasteiger partial charge in [-0.2, -0.15) is 0 Å². The van der Waals surface area contributed by atoms with Gasteiger partial charge in [-0.15, -0.1) is 11.3 Å². The third-order valence-electron chi connectivity index (χ3n) is 2.15. The number of aliphatic hydroxyl groups excluding tert-OH is 1. The summed E-state index contributed by atoms with van der Waals surface area (Å²) in [7, 11) is 0. The SMILES string of the molecule is OC1CCC1c1cccs1. The van der Waals surface area contributed by atoms with Crippen LogP contribution in [0.5, 0.6) is 0 Å². The highest BCUT2D eigenvalue weighted by atomic mass is 32.1. The summed E-state index contributed by atoms with van der Waals surface area (Å²) in [5.74, 6) is 0.458. The first-order chi connectivity index (χ1) is 4.88. The Morgan fingerprint density at radius 1 is 1.50 bits per heavy atom. The van der Waals surface area contributed by atoms with Gasteiger partial charge in [0.25, 0.3) is 0 Å². The maximum absolute atomic E-state index is 9.29. The fourth-order valence-electron chi connectivity index (χ4n) is 1.32. The number of hydrogen-bond acceptors (Lipinski definition) is 2. The maximum Gasteiger partial charge on any atom is 0.0616 e. The van der Waals surface area contributed by atoms with E-state index in [1.54, 1.807) is 11.3 Å². The summed E-state index contributed by atoms with van der Waals surface area (Å²) in [4.78, 5) is 1.35. The van der Waals surface area contributed by atoms with E-state index in [1.165, 1.54) is 11.3 Å². The highest BCUT2D eigenvalue weighted by molar-refractivity contribution is 7.10. The second-order valence-electron chi connectivity index (χ2n) is 2.77. The minimum atomic E-state index is -0.0568. The molecule has 0 spiro atoms. The number of hydrogen-bond donors (Lipinski definition) is 1. The van der Waals surface area contributed by atoms with Gasteiger partial charge in [-0.05, 0) is 24.3 Å². The van der Waals surface area contributed by atoms with Crippen LogP contribution in [0, 0.1) is 0 Å². The average Bonchev–Trinajstić information content (AvgIpc) is 2.37. The minimum absolute atomic E-state index is 0.0568. The van der Waals surface area contributed by atoms with Crippen LogP contribution in [0.2, 0.25) is 0 Å². The van der Waals surface area contributed by atoms with Crippen molar-refractivity contribution in [3.63, 3.8) is 0 Å². The summed E-state index contributed by atoms with van der Waals surface area (Å²) >= 11 is 1.75. The van der Waals surface area contributed by atoms with Crippen molar-refractivity contribution in [3.8, 4) is 0 Å². The van der Waals surface area contributed by atoms with Gasteiger partial charge in [0.1, 0.15) is 0 Å². The topological polar surface area (TPSA) is 20.2 Å². The fraction of sp³-hybridized carbons (Fsp3) is 0.500. The molecule has 2 unspecified atom stereocenters. The van der Waals surface area contributed by atoms with Crippen LogP contribution in [-0.4, -0.2) is 11.2 Å². The van der Waals surface area contributed by atoms with Gasteiger partial charge in [-0.1, -0.05) is 6.07 Å². The zero-order chi connectivity index (χ0) is 6.97. The van der Waals surface area contributed by atoms with E-state index in [-0.39, 0.29) is 6.10 Å². The Morgan fingerprint density at radius 2 is 2.40 bits per heavy atom. The molecule has 1 N–H and O–H groups in total. The molecule has 2 atom stereocenters. The molecule has 0 bridgehead atoms. The molecular weight excluding hydrogens is 144 g/mol. The third kappa shape index (κ3) is 0.879. The van der Waals surface area contributed by atoms with Crippen LogP contribution >= 0.6 is 11.3 Å². The van der Waals surface area contributed by atoms with Crippen LogP contribution in [0.4, 0.5) is 0 Å². The predicted molar refractivity (Wildman–Crippen MR) is 42.3 cm³/mol. The second kappa shape index (κ2) is 2.36. The summed E-state index contributed by atoms with van der Waals surface area (Å²) < 4.78 is 0. The maximum atomic E-state index is 9.29. The molecule has 0 radical (unpaired) electrons. The molecule has 1 aliphatic carbocycles. The number of thiophene rings is 1. The molecule has 54 valence electrons. The zero-order valence-electron chi connectivity index (χ0n) is 5.66. The van der Waals surface area contributed by atoms with E-state index in [0.29, 0.717) is 5.92 Å². The van der Waals surface area contributed by atoms with Crippen molar-refractivity contribution in [3.05, 3.63) is 22.4 Å². The van der Waals surface area contributed by atoms with Crippen LogP contribution in [0.3, 0.4) is 0 Å². The zero-order valence-corrected chi connectivity index (χ0v) is 6.47. The lowest BCUT2D eigenvalue weighted by Gasteiger charge is -2.31. The molecular formula is C8H10OS. The van der Waals surface area contributed by atoms with Crippen LogP contribution in [0.25, 0.3) is 0 Å². The van der Waals surface area contributed by atoms with Gasteiger partial charge in [0.15, 0.2) is 0 Å². The van der Waals surface area contributed by atoms with Gasteiger partial charge >= 0.3 is 0 Å². The van der Waals surface area contributed by atoms with Gasteiger partial charge in [-0.3, -0.25) is 0 Å². The molecule has 0 amide bonds. The van der Waals surface area contributed by atoms with E-state index in [1.807, 2.05) is 6.07 Å². The van der Waals surface area contributed by atoms with Crippen LogP contribution in [0.1, 0.15) is 23.6 Å². The predicted octanol–water partition coefficient (Wildman–Crippen LogP) is 1.99. The lowest BCUT2D eigenvalue weighted by atomic mass is 9.81. The van der Waals surface area contributed by atoms with Crippen LogP contribution in [0.15, 0.2) is 17.5 Å². The first-order valence-electron chi connectivity index (χ1n) is 3.59. The Bertz CT molecular complexity index is 205. The van der Waals surface area contributed by atoms with Crippen molar-refractivity contribution >= 4 is 11.3 Å². The van der Waals surface area contributed by atoms with E-state index in [2.05, 4.69) is 11.4 Å². The van der Waals surface area contributed by atoms with Crippen molar-refractivity contribution in [2.24, 2.45) is 0 Å². The summed E-state index contributed by atoms with van der Waals surface area (Å²) in [5.41, 5.74) is 0. The van der Waals surface area contributed by atoms with Gasteiger partial charge in [-0.25, -0.2) is 0 Å². The Labute approximate surface area is 64.3 Å². The first kappa shape index (κ1) is 6.38. The monoisotopic (exact) mass is 154 g/mol. The quantitative estimate of drug-likeness (QED) is 0.656. The second-order valence-corrected chi connectivity index (χ2v) is 3.75. The van der Waals surface area contributed by atoms with E-state index >= 15 is 0 Å². The molecule has 1 aromatic heterocycles. The van der Waals surface area contributed by atoms with Crippen LogP contribution in [-0.2, 0) is 0 Å². The van der Waals surface area contributed by atoms with Crippen molar-refractivity contribution in [2.45, 2.75) is 24.9 Å². The highest BCUT2D eigenvalue weighted by Crippen LogP contribution is 2.38. The Kier molecular flexibility index (Phi) is 1.51. The van der Waals surface area contributed by atoms with E-state index < -0.39 is 0 Å². The normalized spacial score (nSPS) is 31.7. The molecule has 0 aromatic carbocycles. The fourth-order valence-corrected chi connectivity index (χ4v) is 2.24. The lowest BCUT2D eigenvalue weighted by molar-refractivity contribution is 0.0677. The molecule has 1 fully saturated rings.